The van der Waals surface area contributed by atoms with E-state index in [1.165, 1.54) is 54.7 Å². The fourth-order valence-electron chi connectivity index (χ4n) is 3.89. The lowest BCUT2D eigenvalue weighted by Crippen LogP contribution is -2.63. The quantitative estimate of drug-likeness (QED) is 0.449. The predicted molar refractivity (Wildman–Crippen MR) is 129 cm³/mol. The van der Waals surface area contributed by atoms with Gasteiger partial charge in [-0.25, -0.2) is 13.8 Å². The Morgan fingerprint density at radius 2 is 1.97 bits per heavy atom. The minimum absolute atomic E-state index is 0.0462. The zero-order valence-corrected chi connectivity index (χ0v) is 19.9. The summed E-state index contributed by atoms with van der Waals surface area (Å²) in [7, 11) is 0. The maximum absolute atomic E-state index is 14.9. The van der Waals surface area contributed by atoms with Gasteiger partial charge in [0.2, 0.25) is 4.75 Å². The van der Waals surface area contributed by atoms with Gasteiger partial charge in [-0.2, -0.15) is 0 Å². The van der Waals surface area contributed by atoms with Crippen molar-refractivity contribution in [1.29, 1.82) is 5.41 Å². The molecule has 4 rings (SSSR count). The van der Waals surface area contributed by atoms with Crippen LogP contribution in [0.5, 0.6) is 0 Å². The molecular formula is C24H21ClF2N4O2S. The van der Waals surface area contributed by atoms with E-state index in [0.717, 1.165) is 0 Å². The molecule has 1 fully saturated rings. The first-order valence-electron chi connectivity index (χ1n) is 10.3. The second-order valence-electron chi connectivity index (χ2n) is 8.38. The molecule has 3 aromatic rings. The van der Waals surface area contributed by atoms with Crippen LogP contribution in [0.2, 0.25) is 5.02 Å². The molecule has 0 aliphatic carbocycles. The molecule has 1 aliphatic rings. The summed E-state index contributed by atoms with van der Waals surface area (Å²) < 4.78 is 40.9. The highest BCUT2D eigenvalue weighted by Gasteiger charge is 2.54. The lowest BCUT2D eigenvalue weighted by molar-refractivity contribution is 0.102. The fraction of sp³-hybridized carbons (Fsp3) is 0.208. The van der Waals surface area contributed by atoms with Gasteiger partial charge in [-0.05, 0) is 67.5 Å². The molecule has 6 nitrogen and oxygen atoms in total. The number of benzene rings is 2. The molecule has 3 atom stereocenters. The number of amides is 1. The molecular weight excluding hydrogens is 482 g/mol. The van der Waals surface area contributed by atoms with Crippen LogP contribution in [0.4, 0.5) is 14.5 Å². The molecule has 0 radical (unpaired) electrons. The third-order valence-electron chi connectivity index (χ3n) is 5.91. The van der Waals surface area contributed by atoms with Crippen molar-refractivity contribution in [2.24, 2.45) is 0 Å². The third kappa shape index (κ3) is 4.38. The van der Waals surface area contributed by atoms with Crippen molar-refractivity contribution in [1.82, 2.24) is 10.3 Å². The van der Waals surface area contributed by atoms with E-state index in [2.05, 4.69) is 15.6 Å². The second kappa shape index (κ2) is 8.98. The summed E-state index contributed by atoms with van der Waals surface area (Å²) in [5.41, 5.74) is -0.253. The van der Waals surface area contributed by atoms with Crippen LogP contribution in [0.1, 0.15) is 35.5 Å². The predicted octanol–water partition coefficient (Wildman–Crippen LogP) is 4.73. The van der Waals surface area contributed by atoms with Gasteiger partial charge >= 0.3 is 0 Å². The van der Waals surface area contributed by atoms with Crippen molar-refractivity contribution < 1.29 is 18.1 Å². The molecule has 0 spiro atoms. The number of carbonyl (C=O) groups is 1. The van der Waals surface area contributed by atoms with Crippen LogP contribution in [0.3, 0.4) is 0 Å². The van der Waals surface area contributed by atoms with Gasteiger partial charge in [0.15, 0.2) is 5.84 Å². The van der Waals surface area contributed by atoms with Gasteiger partial charge in [0.25, 0.3) is 5.91 Å². The highest BCUT2D eigenvalue weighted by Crippen LogP contribution is 2.41. The van der Waals surface area contributed by atoms with E-state index in [0.29, 0.717) is 16.3 Å². The van der Waals surface area contributed by atoms with Crippen molar-refractivity contribution >= 4 is 40.2 Å². The summed E-state index contributed by atoms with van der Waals surface area (Å²) in [6.07, 6.45) is 1.34. The molecule has 1 aliphatic heterocycles. The third-order valence-corrected chi connectivity index (χ3v) is 8.32. The van der Waals surface area contributed by atoms with Gasteiger partial charge in [0.1, 0.15) is 28.6 Å². The van der Waals surface area contributed by atoms with E-state index in [1.807, 2.05) is 0 Å². The number of amidine groups is 1. The minimum atomic E-state index is -1.69. The summed E-state index contributed by atoms with van der Waals surface area (Å²) in [6.45, 7) is 3.23. The lowest BCUT2D eigenvalue weighted by atomic mass is 9.89. The Kier molecular flexibility index (Phi) is 6.37. The summed E-state index contributed by atoms with van der Waals surface area (Å²) in [5, 5.41) is 14.7. The first kappa shape index (κ1) is 24.1. The summed E-state index contributed by atoms with van der Waals surface area (Å²) >= 11 is 4.11. The summed E-state index contributed by atoms with van der Waals surface area (Å²) in [4.78, 5) is 16.5. The number of halogens is 3. The molecule has 2 aromatic carbocycles. The SMILES string of the molecule is C[C@@]1(c2cccc(F)c2)C(=N)N[C@](C)(c2cc(NC(=O)c3ccc(Cl)cn3)ccc2F)C[S+]1[O-]. The first-order valence-corrected chi connectivity index (χ1v) is 12.0. The molecule has 2 heterocycles. The van der Waals surface area contributed by atoms with Crippen LogP contribution in [-0.4, -0.2) is 27.0 Å². The van der Waals surface area contributed by atoms with E-state index >= 15 is 0 Å². The van der Waals surface area contributed by atoms with Crippen molar-refractivity contribution in [2.45, 2.75) is 24.1 Å². The zero-order valence-electron chi connectivity index (χ0n) is 18.3. The van der Waals surface area contributed by atoms with E-state index in [1.54, 1.807) is 19.9 Å². The number of hydrogen-bond acceptors (Lipinski definition) is 4. The van der Waals surface area contributed by atoms with Crippen LogP contribution in [0.25, 0.3) is 0 Å². The molecule has 34 heavy (non-hydrogen) atoms. The van der Waals surface area contributed by atoms with Crippen LogP contribution in [0, 0.1) is 17.0 Å². The monoisotopic (exact) mass is 502 g/mol. The number of hydrogen-bond donors (Lipinski definition) is 3. The average Bonchev–Trinajstić information content (AvgIpc) is 2.79. The van der Waals surface area contributed by atoms with Gasteiger partial charge in [0, 0.05) is 23.0 Å². The topological polar surface area (TPSA) is 101 Å². The highest BCUT2D eigenvalue weighted by atomic mass is 35.5. The van der Waals surface area contributed by atoms with E-state index in [9.17, 15) is 18.1 Å². The number of carbonyl (C=O) groups excluding carboxylic acids is 1. The number of aromatic nitrogens is 1. The molecule has 1 unspecified atom stereocenters. The molecule has 0 bridgehead atoms. The van der Waals surface area contributed by atoms with Gasteiger partial charge in [-0.1, -0.05) is 23.7 Å². The van der Waals surface area contributed by atoms with Crippen LogP contribution in [0.15, 0.2) is 60.8 Å². The largest absolute Gasteiger partial charge is 0.615 e. The number of rotatable bonds is 4. The maximum Gasteiger partial charge on any atom is 0.274 e. The van der Waals surface area contributed by atoms with Crippen LogP contribution in [-0.2, 0) is 21.5 Å². The Bertz CT molecular complexity index is 1280. The standard InChI is InChI=1S/C24H21ClF2N4O2S/c1-23(13-34(33)24(2,22(28)31-23)14-4-3-5-16(26)10-14)18-11-17(7-8-19(18)27)30-21(32)20-9-6-15(25)12-29-20/h3-12H,13H2,1-2H3,(H2,28,31)(H,30,32)/t23-,24+,34?/m0/s1. The highest BCUT2D eigenvalue weighted by molar-refractivity contribution is 7.93. The van der Waals surface area contributed by atoms with Crippen molar-refractivity contribution in [2.75, 3.05) is 11.1 Å². The Morgan fingerprint density at radius 1 is 1.21 bits per heavy atom. The van der Waals surface area contributed by atoms with Gasteiger partial charge in [0.05, 0.1) is 5.02 Å². The number of pyridine rings is 1. The van der Waals surface area contributed by atoms with Crippen molar-refractivity contribution in [3.63, 3.8) is 0 Å². The number of anilines is 1. The summed E-state index contributed by atoms with van der Waals surface area (Å²) in [6, 6.07) is 12.7. The van der Waals surface area contributed by atoms with Gasteiger partial charge in [-0.15, -0.1) is 0 Å². The van der Waals surface area contributed by atoms with Crippen LogP contribution < -0.4 is 10.6 Å². The van der Waals surface area contributed by atoms with Crippen molar-refractivity contribution in [3.05, 3.63) is 94.3 Å². The molecule has 1 aromatic heterocycles. The second-order valence-corrected chi connectivity index (χ2v) is 10.6. The Hall–Kier alpha value is -3.01. The Balaban J connectivity index is 1.62. The summed E-state index contributed by atoms with van der Waals surface area (Å²) in [5.74, 6) is -1.76. The number of nitrogens with one attached hydrogen (secondary N) is 3. The average molecular weight is 503 g/mol. The van der Waals surface area contributed by atoms with E-state index in [-0.39, 0.29) is 22.8 Å². The minimum Gasteiger partial charge on any atom is -0.615 e. The van der Waals surface area contributed by atoms with Gasteiger partial charge < -0.3 is 15.2 Å². The molecule has 1 amide bonds. The molecule has 0 saturated carbocycles. The van der Waals surface area contributed by atoms with E-state index in [4.69, 9.17) is 17.0 Å². The zero-order chi connectivity index (χ0) is 24.7. The first-order chi connectivity index (χ1) is 16.0. The molecule has 1 saturated heterocycles. The van der Waals surface area contributed by atoms with E-state index < -0.39 is 39.0 Å². The number of nitrogens with zero attached hydrogens (tertiary/aromatic N) is 1. The molecule has 176 valence electrons. The Morgan fingerprint density at radius 3 is 2.62 bits per heavy atom. The normalized spacial score (nSPS) is 24.4. The Labute approximate surface area is 203 Å². The lowest BCUT2D eigenvalue weighted by Gasteiger charge is -2.46. The fourth-order valence-corrected chi connectivity index (χ4v) is 5.71. The molecule has 3 N–H and O–H groups in total. The molecule has 10 heteroatoms. The van der Waals surface area contributed by atoms with Gasteiger partial charge in [-0.3, -0.25) is 10.2 Å². The van der Waals surface area contributed by atoms with Crippen LogP contribution >= 0.6 is 11.6 Å². The smallest absolute Gasteiger partial charge is 0.274 e. The maximum atomic E-state index is 14.9. The van der Waals surface area contributed by atoms with Crippen molar-refractivity contribution in [3.8, 4) is 0 Å².